The second kappa shape index (κ2) is 8.70. The van der Waals surface area contributed by atoms with E-state index in [1.165, 1.54) is 0 Å². The van der Waals surface area contributed by atoms with Gasteiger partial charge in [0.05, 0.1) is 18.1 Å². The third-order valence-electron chi connectivity index (χ3n) is 5.94. The van der Waals surface area contributed by atoms with Crippen LogP contribution in [0.25, 0.3) is 0 Å². The van der Waals surface area contributed by atoms with Crippen LogP contribution in [0.4, 0.5) is 0 Å². The first-order valence-corrected chi connectivity index (χ1v) is 10.5. The molecular formula is C26H27NO3. The Balaban J connectivity index is 1.63. The molecule has 0 radical (unpaired) electrons. The predicted molar refractivity (Wildman–Crippen MR) is 117 cm³/mol. The number of nitrogens with one attached hydrogen (secondary N) is 1. The molecule has 1 aliphatic heterocycles. The summed E-state index contributed by atoms with van der Waals surface area (Å²) in [4.78, 5) is 26.1. The van der Waals surface area contributed by atoms with Crippen LogP contribution in [0.1, 0.15) is 42.4 Å². The molecule has 0 saturated carbocycles. The Morgan fingerprint density at radius 2 is 1.77 bits per heavy atom. The van der Waals surface area contributed by atoms with Gasteiger partial charge in [-0.25, -0.2) is 4.79 Å². The number of carbonyl (C=O) groups excluding carboxylic acids is 2. The first kappa shape index (κ1) is 20.1. The van der Waals surface area contributed by atoms with Crippen LogP contribution in [-0.2, 0) is 20.7 Å². The molecule has 154 valence electrons. The molecule has 30 heavy (non-hydrogen) atoms. The molecule has 1 heterocycles. The Kier molecular flexibility index (Phi) is 5.84. The maximum Gasteiger partial charge on any atom is 0.336 e. The summed E-state index contributed by atoms with van der Waals surface area (Å²) in [6.07, 6.45) is 4.00. The zero-order valence-electron chi connectivity index (χ0n) is 17.5. The Bertz CT molecular complexity index is 1000. The van der Waals surface area contributed by atoms with Crippen LogP contribution < -0.4 is 5.32 Å². The topological polar surface area (TPSA) is 55.4 Å². The Morgan fingerprint density at radius 1 is 1.03 bits per heavy atom. The maximum atomic E-state index is 13.2. The first-order valence-electron chi connectivity index (χ1n) is 10.5. The van der Waals surface area contributed by atoms with Crippen molar-refractivity contribution in [2.24, 2.45) is 5.92 Å². The number of rotatable bonds is 5. The molecule has 2 aromatic rings. The van der Waals surface area contributed by atoms with Gasteiger partial charge in [0.25, 0.3) is 0 Å². The molecule has 1 aliphatic carbocycles. The molecule has 2 unspecified atom stereocenters. The van der Waals surface area contributed by atoms with E-state index in [2.05, 4.69) is 11.4 Å². The summed E-state index contributed by atoms with van der Waals surface area (Å²) in [7, 11) is 0. The van der Waals surface area contributed by atoms with E-state index in [0.29, 0.717) is 25.0 Å². The maximum absolute atomic E-state index is 13.2. The normalized spacial score (nSPS) is 20.9. The van der Waals surface area contributed by atoms with E-state index < -0.39 is 0 Å². The number of allylic oxidation sites excluding steroid dienone is 3. The van der Waals surface area contributed by atoms with Gasteiger partial charge in [0.15, 0.2) is 0 Å². The molecule has 2 atom stereocenters. The quantitative estimate of drug-likeness (QED) is 0.744. The number of Topliss-reactive ketones (excluding diaryl/α,β-unsaturated/α-hetero) is 1. The van der Waals surface area contributed by atoms with E-state index in [1.54, 1.807) is 0 Å². The zero-order chi connectivity index (χ0) is 21.1. The van der Waals surface area contributed by atoms with Crippen LogP contribution in [-0.4, -0.2) is 18.4 Å². The van der Waals surface area contributed by atoms with Crippen LogP contribution in [0, 0.1) is 12.8 Å². The number of esters is 1. The fourth-order valence-electron chi connectivity index (χ4n) is 4.40. The number of aryl methyl sites for hydroxylation is 1. The second-order valence-electron chi connectivity index (χ2n) is 8.07. The monoisotopic (exact) mass is 401 g/mol. The summed E-state index contributed by atoms with van der Waals surface area (Å²) < 4.78 is 5.68. The van der Waals surface area contributed by atoms with Gasteiger partial charge in [0.2, 0.25) is 0 Å². The van der Waals surface area contributed by atoms with Crippen LogP contribution >= 0.6 is 0 Å². The van der Waals surface area contributed by atoms with Crippen molar-refractivity contribution in [3.63, 3.8) is 0 Å². The summed E-state index contributed by atoms with van der Waals surface area (Å²) in [6.45, 7) is 4.23. The highest BCUT2D eigenvalue weighted by molar-refractivity contribution is 5.96. The molecule has 1 N–H and O–H groups in total. The van der Waals surface area contributed by atoms with E-state index in [9.17, 15) is 9.59 Å². The van der Waals surface area contributed by atoms with Crippen molar-refractivity contribution >= 4 is 11.8 Å². The van der Waals surface area contributed by atoms with Gasteiger partial charge in [-0.3, -0.25) is 4.79 Å². The number of hydrogen-bond donors (Lipinski definition) is 1. The van der Waals surface area contributed by atoms with Crippen LogP contribution in [0.2, 0.25) is 0 Å². The number of carbonyl (C=O) groups is 2. The molecule has 0 bridgehead atoms. The van der Waals surface area contributed by atoms with Crippen molar-refractivity contribution in [2.45, 2.75) is 39.0 Å². The summed E-state index contributed by atoms with van der Waals surface area (Å²) in [6, 6.07) is 18.1. The van der Waals surface area contributed by atoms with Gasteiger partial charge < -0.3 is 10.1 Å². The van der Waals surface area contributed by atoms with Crippen molar-refractivity contribution in [3.05, 3.63) is 94.3 Å². The highest BCUT2D eigenvalue weighted by atomic mass is 16.5. The van der Waals surface area contributed by atoms with Crippen molar-refractivity contribution in [3.8, 4) is 0 Å². The molecule has 0 amide bonds. The van der Waals surface area contributed by atoms with Crippen LogP contribution in [0.5, 0.6) is 0 Å². The molecule has 0 saturated heterocycles. The van der Waals surface area contributed by atoms with Gasteiger partial charge in [-0.15, -0.1) is 0 Å². The molecule has 4 nitrogen and oxygen atoms in total. The molecule has 2 aliphatic rings. The number of benzene rings is 2. The van der Waals surface area contributed by atoms with Gasteiger partial charge >= 0.3 is 5.97 Å². The van der Waals surface area contributed by atoms with Crippen LogP contribution in [0.3, 0.4) is 0 Å². The van der Waals surface area contributed by atoms with Crippen molar-refractivity contribution in [1.82, 2.24) is 5.32 Å². The van der Waals surface area contributed by atoms with E-state index in [1.807, 2.05) is 68.4 Å². The third kappa shape index (κ3) is 4.09. The molecule has 4 heteroatoms. The highest BCUT2D eigenvalue weighted by Gasteiger charge is 2.43. The van der Waals surface area contributed by atoms with Crippen molar-refractivity contribution in [1.29, 1.82) is 0 Å². The zero-order valence-corrected chi connectivity index (χ0v) is 17.5. The molecule has 2 aromatic carbocycles. The standard InChI is InChI=1S/C26H27NO3/c1-17-11-13-20(14-12-17)24-23(18(2)27-21-9-6-10-22(28)25(21)24)26(29)30-16-15-19-7-4-3-5-8-19/h3-5,7-9,11-14,24-25,27H,6,10,15-16H2,1-2H3. The largest absolute Gasteiger partial charge is 0.462 e. The molecular weight excluding hydrogens is 374 g/mol. The fraction of sp³-hybridized carbons (Fsp3) is 0.308. The molecule has 0 aromatic heterocycles. The van der Waals surface area contributed by atoms with E-state index in [4.69, 9.17) is 4.74 Å². The fourth-order valence-corrected chi connectivity index (χ4v) is 4.40. The lowest BCUT2D eigenvalue weighted by Gasteiger charge is -2.38. The third-order valence-corrected chi connectivity index (χ3v) is 5.94. The second-order valence-corrected chi connectivity index (χ2v) is 8.07. The SMILES string of the molecule is CC1=C(C(=O)OCCc2ccccc2)C(c2ccc(C)cc2)C2C(=O)CCC=C2N1. The number of hydrogen-bond acceptors (Lipinski definition) is 4. The average Bonchev–Trinajstić information content (AvgIpc) is 2.74. The summed E-state index contributed by atoms with van der Waals surface area (Å²) >= 11 is 0. The van der Waals surface area contributed by atoms with E-state index in [-0.39, 0.29) is 23.6 Å². The summed E-state index contributed by atoms with van der Waals surface area (Å²) in [5, 5.41) is 3.32. The Morgan fingerprint density at radius 3 is 2.50 bits per heavy atom. The van der Waals surface area contributed by atoms with Crippen molar-refractivity contribution < 1.29 is 14.3 Å². The number of ether oxygens (including phenoxy) is 1. The molecule has 0 spiro atoms. The summed E-state index contributed by atoms with van der Waals surface area (Å²) in [5.74, 6) is -0.858. The molecule has 0 fully saturated rings. The highest BCUT2D eigenvalue weighted by Crippen LogP contribution is 2.43. The van der Waals surface area contributed by atoms with Crippen molar-refractivity contribution in [2.75, 3.05) is 6.61 Å². The lowest BCUT2D eigenvalue weighted by molar-refractivity contribution is -0.139. The predicted octanol–water partition coefficient (Wildman–Crippen LogP) is 4.60. The Hall–Kier alpha value is -3.14. The van der Waals surface area contributed by atoms with Gasteiger partial charge in [-0.1, -0.05) is 66.2 Å². The number of fused-ring (bicyclic) bond motifs is 1. The lowest BCUT2D eigenvalue weighted by atomic mass is 9.71. The average molecular weight is 402 g/mol. The van der Waals surface area contributed by atoms with Crippen LogP contribution in [0.15, 0.2) is 77.6 Å². The molecule has 4 rings (SSSR count). The first-order chi connectivity index (χ1) is 14.5. The minimum atomic E-state index is -0.359. The minimum absolute atomic E-state index is 0.174. The minimum Gasteiger partial charge on any atom is -0.462 e. The van der Waals surface area contributed by atoms with Gasteiger partial charge in [0.1, 0.15) is 5.78 Å². The van der Waals surface area contributed by atoms with Gasteiger partial charge in [-0.2, -0.15) is 0 Å². The van der Waals surface area contributed by atoms with Gasteiger partial charge in [-0.05, 0) is 31.4 Å². The van der Waals surface area contributed by atoms with E-state index in [0.717, 1.165) is 34.5 Å². The number of ketones is 1. The Labute approximate surface area is 177 Å². The smallest absolute Gasteiger partial charge is 0.336 e. The lowest BCUT2D eigenvalue weighted by Crippen LogP contribution is -2.40. The summed E-state index contributed by atoms with van der Waals surface area (Å²) in [5.41, 5.74) is 5.48. The van der Waals surface area contributed by atoms with E-state index >= 15 is 0 Å². The van der Waals surface area contributed by atoms with Gasteiger partial charge in [0, 0.05) is 30.2 Å².